The molecule has 1 spiro atoms. The molecule has 2 aromatic rings. The van der Waals surface area contributed by atoms with Crippen LogP contribution in [0.25, 0.3) is 0 Å². The van der Waals surface area contributed by atoms with E-state index in [1.807, 2.05) is 55.5 Å². The third-order valence-electron chi connectivity index (χ3n) is 7.16. The Morgan fingerprint density at radius 1 is 1.09 bits per heavy atom. The smallest absolute Gasteiger partial charge is 0.262 e. The lowest BCUT2D eigenvalue weighted by Crippen LogP contribution is -2.75. The van der Waals surface area contributed by atoms with Crippen molar-refractivity contribution in [2.24, 2.45) is 5.41 Å². The van der Waals surface area contributed by atoms with Crippen molar-refractivity contribution in [3.63, 3.8) is 0 Å². The Morgan fingerprint density at radius 2 is 1.85 bits per heavy atom. The van der Waals surface area contributed by atoms with Gasteiger partial charge in [-0.25, -0.2) is 0 Å². The predicted molar refractivity (Wildman–Crippen MR) is 124 cm³/mol. The normalized spacial score (nSPS) is 33.9. The molecule has 7 nitrogen and oxygen atoms in total. The number of fused-ring (bicyclic) bond motifs is 3. The van der Waals surface area contributed by atoms with Gasteiger partial charge in [0.1, 0.15) is 0 Å². The monoisotopic (exact) mass is 479 g/mol. The van der Waals surface area contributed by atoms with Gasteiger partial charge in [-0.15, -0.1) is 0 Å². The van der Waals surface area contributed by atoms with Gasteiger partial charge in [-0.05, 0) is 30.2 Å². The molecule has 5 aliphatic rings. The first-order valence-electron chi connectivity index (χ1n) is 10.7. The Labute approximate surface area is 199 Å². The quantitative estimate of drug-likeness (QED) is 0.621. The average Bonchev–Trinajstić information content (AvgIpc) is 3.40. The zero-order valence-electron chi connectivity index (χ0n) is 18.1. The number of carbonyl (C=O) groups is 2. The number of carbonyl (C=O) groups excluding carboxylic acids is 2. The topological polar surface area (TPSA) is 82.9 Å². The minimum absolute atomic E-state index is 0.119. The lowest BCUT2D eigenvalue weighted by molar-refractivity contribution is -0.165. The fraction of sp³-hybridized carbons (Fsp3) is 0.375. The maximum Gasteiger partial charge on any atom is 0.262 e. The van der Waals surface area contributed by atoms with Crippen LogP contribution in [0.15, 0.2) is 48.5 Å². The van der Waals surface area contributed by atoms with Gasteiger partial charge in [0.2, 0.25) is 6.79 Å². The number of ether oxygens (including phenoxy) is 2. The van der Waals surface area contributed by atoms with Crippen molar-refractivity contribution in [2.45, 2.75) is 35.5 Å². The molecule has 7 rings (SSSR count). The van der Waals surface area contributed by atoms with Gasteiger partial charge in [0.05, 0.1) is 17.5 Å². The molecule has 0 saturated carbocycles. The predicted octanol–water partition coefficient (Wildman–Crippen LogP) is 3.72. The lowest BCUT2D eigenvalue weighted by atomic mass is 9.79. The summed E-state index contributed by atoms with van der Waals surface area (Å²) in [5.41, 5.74) is 0.812. The summed E-state index contributed by atoms with van der Waals surface area (Å²) in [7, 11) is 4.59. The van der Waals surface area contributed by atoms with Crippen molar-refractivity contribution in [1.82, 2.24) is 9.80 Å². The van der Waals surface area contributed by atoms with E-state index in [9.17, 15) is 14.9 Å². The number of rotatable bonds is 3. The van der Waals surface area contributed by atoms with E-state index in [0.29, 0.717) is 17.9 Å². The SMILES string of the molecule is CN1C(=O)[C@@]23C[C@](C)(C#N)[C@H](c4ccc5c(c4)OCO5)N2C(=O)C1(Cc1ccccc1)SS3. The Balaban J connectivity index is 1.50. The third-order valence-corrected chi connectivity index (χ3v) is 10.8. The van der Waals surface area contributed by atoms with Crippen LogP contribution in [0.5, 0.6) is 11.5 Å². The first kappa shape index (κ1) is 20.8. The molecule has 5 heterocycles. The second-order valence-corrected chi connectivity index (χ2v) is 11.8. The van der Waals surface area contributed by atoms with Gasteiger partial charge < -0.3 is 19.3 Å². The van der Waals surface area contributed by atoms with Crippen molar-refractivity contribution in [2.75, 3.05) is 13.8 Å². The highest BCUT2D eigenvalue weighted by atomic mass is 33.1. The molecule has 2 amide bonds. The average molecular weight is 480 g/mol. The molecule has 9 heteroatoms. The molecule has 1 unspecified atom stereocenters. The van der Waals surface area contributed by atoms with Crippen LogP contribution < -0.4 is 9.47 Å². The highest BCUT2D eigenvalue weighted by molar-refractivity contribution is 8.78. The van der Waals surface area contributed by atoms with Crippen LogP contribution >= 0.6 is 21.6 Å². The van der Waals surface area contributed by atoms with E-state index < -0.39 is 21.2 Å². The summed E-state index contributed by atoms with van der Waals surface area (Å²) in [5.74, 6) is 0.982. The lowest BCUT2D eigenvalue weighted by Gasteiger charge is -2.58. The maximum atomic E-state index is 14.3. The van der Waals surface area contributed by atoms with E-state index in [1.54, 1.807) is 16.8 Å². The van der Waals surface area contributed by atoms with E-state index in [-0.39, 0.29) is 25.0 Å². The highest BCUT2D eigenvalue weighted by Gasteiger charge is 2.75. The zero-order chi connectivity index (χ0) is 23.0. The van der Waals surface area contributed by atoms with E-state index in [4.69, 9.17) is 9.47 Å². The molecule has 4 fully saturated rings. The van der Waals surface area contributed by atoms with Gasteiger partial charge in [0, 0.05) is 19.9 Å². The minimum atomic E-state index is -1.11. The van der Waals surface area contributed by atoms with Crippen molar-refractivity contribution in [3.8, 4) is 17.6 Å². The number of likely N-dealkylation sites (N-methyl/N-ethyl adjacent to an activating group) is 1. The molecule has 0 aliphatic carbocycles. The molecular formula is C24H21N3O4S2. The van der Waals surface area contributed by atoms with E-state index in [0.717, 1.165) is 11.1 Å². The molecule has 168 valence electrons. The fourth-order valence-corrected chi connectivity index (χ4v) is 9.41. The summed E-state index contributed by atoms with van der Waals surface area (Å²) in [5, 5.41) is 10.3. The first-order valence-corrected chi connectivity index (χ1v) is 12.8. The van der Waals surface area contributed by atoms with Crippen LogP contribution in [0.2, 0.25) is 0 Å². The fourth-order valence-electron chi connectivity index (χ4n) is 5.52. The molecule has 5 aliphatic heterocycles. The van der Waals surface area contributed by atoms with Crippen molar-refractivity contribution >= 4 is 33.4 Å². The van der Waals surface area contributed by atoms with Crippen LogP contribution in [0, 0.1) is 16.7 Å². The minimum Gasteiger partial charge on any atom is -0.454 e. The van der Waals surface area contributed by atoms with Gasteiger partial charge in [0.25, 0.3) is 11.8 Å². The summed E-state index contributed by atoms with van der Waals surface area (Å²) in [6.45, 7) is 1.99. The first-order chi connectivity index (χ1) is 15.8. The van der Waals surface area contributed by atoms with Crippen molar-refractivity contribution in [1.29, 1.82) is 5.26 Å². The Morgan fingerprint density at radius 3 is 2.61 bits per heavy atom. The number of piperazine rings is 1. The molecule has 0 aromatic heterocycles. The number of nitrogens with zero attached hydrogens (tertiary/aromatic N) is 3. The summed E-state index contributed by atoms with van der Waals surface area (Å²) in [6.07, 6.45) is 0.667. The molecular weight excluding hydrogens is 458 g/mol. The summed E-state index contributed by atoms with van der Waals surface area (Å²) < 4.78 is 11.0. The largest absolute Gasteiger partial charge is 0.454 e. The Kier molecular flexibility index (Phi) is 4.30. The molecule has 0 radical (unpaired) electrons. The van der Waals surface area contributed by atoms with Crippen molar-refractivity contribution in [3.05, 3.63) is 59.7 Å². The summed E-state index contributed by atoms with van der Waals surface area (Å²) in [6, 6.07) is 17.1. The van der Waals surface area contributed by atoms with Crippen LogP contribution in [-0.2, 0) is 16.0 Å². The molecule has 0 N–H and O–H groups in total. The molecule has 4 atom stereocenters. The van der Waals surface area contributed by atoms with Crippen LogP contribution in [-0.4, -0.2) is 45.2 Å². The van der Waals surface area contributed by atoms with Crippen LogP contribution in [0.4, 0.5) is 0 Å². The Hall–Kier alpha value is -2.83. The van der Waals surface area contributed by atoms with Gasteiger partial charge in [-0.1, -0.05) is 58.0 Å². The van der Waals surface area contributed by atoms with Gasteiger partial charge in [-0.2, -0.15) is 5.26 Å². The van der Waals surface area contributed by atoms with Crippen molar-refractivity contribution < 1.29 is 19.1 Å². The number of benzene rings is 2. The third kappa shape index (κ3) is 2.59. The van der Waals surface area contributed by atoms with Crippen LogP contribution in [0.1, 0.15) is 30.5 Å². The number of hydrogen-bond donors (Lipinski definition) is 0. The van der Waals surface area contributed by atoms with Crippen LogP contribution in [0.3, 0.4) is 0 Å². The standard InChI is InChI=1S/C24H21N3O4S2/c1-22(13-25)12-24-20(28)26(2)23(32-33-24,11-15-6-4-3-5-7-15)21(29)27(24)19(22)16-8-9-17-18(10-16)31-14-30-17/h3-10,19H,11-12,14H2,1-2H3/t19-,22+,23?,24-/m0/s1. The van der Waals surface area contributed by atoms with Gasteiger partial charge in [-0.3, -0.25) is 9.59 Å². The second-order valence-electron chi connectivity index (χ2n) is 9.16. The van der Waals surface area contributed by atoms with E-state index in [2.05, 4.69) is 6.07 Å². The molecule has 2 bridgehead atoms. The summed E-state index contributed by atoms with van der Waals surface area (Å²) in [4.78, 5) is 29.3. The summed E-state index contributed by atoms with van der Waals surface area (Å²) >= 11 is 0. The molecule has 4 saturated heterocycles. The number of nitriles is 1. The number of hydrogen-bond acceptors (Lipinski definition) is 7. The maximum absolute atomic E-state index is 14.3. The molecule has 2 aromatic carbocycles. The van der Waals surface area contributed by atoms with E-state index in [1.165, 1.54) is 21.6 Å². The molecule has 33 heavy (non-hydrogen) atoms. The second kappa shape index (κ2) is 6.84. The van der Waals surface area contributed by atoms with E-state index >= 15 is 0 Å². The Bertz CT molecular complexity index is 1230. The zero-order valence-corrected chi connectivity index (χ0v) is 19.7. The van der Waals surface area contributed by atoms with Gasteiger partial charge >= 0.3 is 0 Å². The number of amides is 2. The van der Waals surface area contributed by atoms with Gasteiger partial charge in [0.15, 0.2) is 21.2 Å². The highest BCUT2D eigenvalue weighted by Crippen LogP contribution is 2.70.